The molecule has 6 nitrogen and oxygen atoms in total. The van der Waals surface area contributed by atoms with Crippen molar-refractivity contribution >= 4 is 22.1 Å². The number of hydrogen-bond donors (Lipinski definition) is 3. The van der Waals surface area contributed by atoms with Crippen LogP contribution in [0.3, 0.4) is 0 Å². The number of carbonyl (C=O) groups is 1. The Morgan fingerprint density at radius 2 is 1.72 bits per heavy atom. The molecule has 0 heterocycles. The van der Waals surface area contributed by atoms with E-state index in [0.717, 1.165) is 11.1 Å². The van der Waals surface area contributed by atoms with Crippen LogP contribution in [0.4, 0.5) is 0 Å². The molecule has 132 valence electrons. The summed E-state index contributed by atoms with van der Waals surface area (Å²) in [5, 5.41) is 9.16. The molecule has 7 heteroatoms. The number of benzene rings is 2. The van der Waals surface area contributed by atoms with E-state index in [9.17, 15) is 13.2 Å². The number of sulfonamides is 1. The summed E-state index contributed by atoms with van der Waals surface area (Å²) < 4.78 is 27.4. The van der Waals surface area contributed by atoms with Gasteiger partial charge in [-0.2, -0.15) is 0 Å². The maximum absolute atomic E-state index is 12.5. The molecule has 0 aliphatic carbocycles. The minimum Gasteiger partial charge on any atom is -0.480 e. The van der Waals surface area contributed by atoms with Crippen molar-refractivity contribution in [3.63, 3.8) is 0 Å². The average molecular weight is 360 g/mol. The second kappa shape index (κ2) is 8.06. The van der Waals surface area contributed by atoms with Crippen molar-refractivity contribution in [2.75, 3.05) is 0 Å². The molecule has 2 aromatic rings. The lowest BCUT2D eigenvalue weighted by Crippen LogP contribution is -2.50. The highest BCUT2D eigenvalue weighted by atomic mass is 32.2. The normalized spacial score (nSPS) is 14.3. The van der Waals surface area contributed by atoms with Gasteiger partial charge in [0, 0.05) is 0 Å². The van der Waals surface area contributed by atoms with Gasteiger partial charge in [0.2, 0.25) is 10.0 Å². The van der Waals surface area contributed by atoms with Gasteiger partial charge in [-0.25, -0.2) is 13.1 Å². The van der Waals surface area contributed by atoms with Crippen molar-refractivity contribution in [1.82, 2.24) is 4.72 Å². The van der Waals surface area contributed by atoms with E-state index in [4.69, 9.17) is 10.8 Å². The molecule has 0 amide bonds. The molecule has 25 heavy (non-hydrogen) atoms. The molecule has 2 rings (SSSR count). The van der Waals surface area contributed by atoms with Crippen molar-refractivity contribution in [3.05, 3.63) is 71.8 Å². The smallest absolute Gasteiger partial charge is 0.322 e. The first-order valence-corrected chi connectivity index (χ1v) is 9.08. The summed E-state index contributed by atoms with van der Waals surface area (Å²) in [6.07, 6.45) is 3.07. The van der Waals surface area contributed by atoms with Crippen molar-refractivity contribution in [3.8, 4) is 0 Å². The number of carboxylic acid groups (broad SMARTS) is 1. The first-order valence-electron chi connectivity index (χ1n) is 7.60. The highest BCUT2D eigenvalue weighted by Gasteiger charge is 2.27. The first-order chi connectivity index (χ1) is 11.8. The molecule has 4 N–H and O–H groups in total. The maximum atomic E-state index is 12.5. The summed E-state index contributed by atoms with van der Waals surface area (Å²) in [7, 11) is -3.90. The van der Waals surface area contributed by atoms with Gasteiger partial charge in [0.15, 0.2) is 0 Å². The molecular weight excluding hydrogens is 340 g/mol. The minimum absolute atomic E-state index is 0.0498. The monoisotopic (exact) mass is 360 g/mol. The molecule has 0 unspecified atom stereocenters. The van der Waals surface area contributed by atoms with Gasteiger partial charge >= 0.3 is 5.97 Å². The van der Waals surface area contributed by atoms with Gasteiger partial charge in [-0.3, -0.25) is 4.79 Å². The Kier molecular flexibility index (Phi) is 6.08. The molecule has 0 saturated heterocycles. The van der Waals surface area contributed by atoms with Gasteiger partial charge in [-0.1, -0.05) is 60.2 Å². The van der Waals surface area contributed by atoms with Crippen LogP contribution in [0.1, 0.15) is 11.1 Å². The van der Waals surface area contributed by atoms with E-state index in [1.54, 1.807) is 18.2 Å². The Hall–Kier alpha value is -2.48. The van der Waals surface area contributed by atoms with E-state index in [-0.39, 0.29) is 4.90 Å². The molecule has 0 saturated carbocycles. The number of nitrogens with two attached hydrogens (primary N) is 1. The molecule has 0 fully saturated rings. The SMILES string of the molecule is Cc1ccc(S(=O)(=O)N[C@@H](/C=C/c2ccccc2)[C@H](N)C(=O)O)cc1. The molecule has 2 atom stereocenters. The predicted molar refractivity (Wildman–Crippen MR) is 96.4 cm³/mol. The zero-order valence-corrected chi connectivity index (χ0v) is 14.5. The topological polar surface area (TPSA) is 109 Å². The van der Waals surface area contributed by atoms with Crippen molar-refractivity contribution in [2.24, 2.45) is 5.73 Å². The standard InChI is InChI=1S/C18H20N2O4S/c1-13-7-10-15(11-8-13)25(23,24)20-16(17(19)18(21)22)12-9-14-5-3-2-4-6-14/h2-12,16-17,20H,19H2,1H3,(H,21,22)/b12-9+/t16-,17-/m0/s1. The molecule has 0 radical (unpaired) electrons. The molecule has 0 spiro atoms. The van der Waals surface area contributed by atoms with Crippen LogP contribution in [0.25, 0.3) is 6.08 Å². The third-order valence-corrected chi connectivity index (χ3v) is 5.07. The third kappa shape index (κ3) is 5.25. The summed E-state index contributed by atoms with van der Waals surface area (Å²) >= 11 is 0. The van der Waals surface area contributed by atoms with Crippen LogP contribution in [-0.4, -0.2) is 31.6 Å². The lowest BCUT2D eigenvalue weighted by atomic mass is 10.1. The van der Waals surface area contributed by atoms with Crippen LogP contribution in [0.15, 0.2) is 65.6 Å². The number of hydrogen-bond acceptors (Lipinski definition) is 4. The predicted octanol–water partition coefficient (Wildman–Crippen LogP) is 1.77. The van der Waals surface area contributed by atoms with E-state index in [2.05, 4.69) is 4.72 Å². The fourth-order valence-corrected chi connectivity index (χ4v) is 3.34. The Bertz CT molecular complexity index is 846. The number of carboxylic acids is 1. The average Bonchev–Trinajstić information content (AvgIpc) is 2.59. The second-order valence-electron chi connectivity index (χ2n) is 5.59. The maximum Gasteiger partial charge on any atom is 0.322 e. The summed E-state index contributed by atoms with van der Waals surface area (Å²) in [4.78, 5) is 11.3. The largest absolute Gasteiger partial charge is 0.480 e. The lowest BCUT2D eigenvalue weighted by molar-refractivity contribution is -0.138. The van der Waals surface area contributed by atoms with E-state index in [0.29, 0.717) is 0 Å². The fraction of sp³-hybridized carbons (Fsp3) is 0.167. The van der Waals surface area contributed by atoms with Crippen molar-refractivity contribution in [2.45, 2.75) is 23.9 Å². The van der Waals surface area contributed by atoms with Crippen LogP contribution < -0.4 is 10.5 Å². The van der Waals surface area contributed by atoms with Crippen LogP contribution in [0, 0.1) is 6.92 Å². The summed E-state index contributed by atoms with van der Waals surface area (Å²) in [5.74, 6) is -1.30. The Morgan fingerprint density at radius 1 is 1.12 bits per heavy atom. The van der Waals surface area contributed by atoms with E-state index in [1.165, 1.54) is 18.2 Å². The molecule has 0 aromatic heterocycles. The van der Waals surface area contributed by atoms with Crippen molar-refractivity contribution < 1.29 is 18.3 Å². The zero-order valence-electron chi connectivity index (χ0n) is 13.7. The summed E-state index contributed by atoms with van der Waals surface area (Å²) in [6.45, 7) is 1.84. The van der Waals surface area contributed by atoms with Gasteiger partial charge in [-0.15, -0.1) is 0 Å². The first kappa shape index (κ1) is 18.9. The van der Waals surface area contributed by atoms with Crippen LogP contribution in [0.5, 0.6) is 0 Å². The van der Waals surface area contributed by atoms with Gasteiger partial charge in [0.05, 0.1) is 10.9 Å². The van der Waals surface area contributed by atoms with E-state index >= 15 is 0 Å². The van der Waals surface area contributed by atoms with Gasteiger partial charge < -0.3 is 10.8 Å². The Balaban J connectivity index is 2.28. The van der Waals surface area contributed by atoms with E-state index in [1.807, 2.05) is 37.3 Å². The molecular formula is C18H20N2O4S. The molecule has 0 aliphatic rings. The van der Waals surface area contributed by atoms with Crippen LogP contribution in [0.2, 0.25) is 0 Å². The van der Waals surface area contributed by atoms with E-state index < -0.39 is 28.1 Å². The van der Waals surface area contributed by atoms with Gasteiger partial charge in [0.25, 0.3) is 0 Å². The minimum atomic E-state index is -3.90. The Morgan fingerprint density at radius 3 is 2.28 bits per heavy atom. The summed E-state index contributed by atoms with van der Waals surface area (Å²) in [5.41, 5.74) is 7.38. The Labute approximate surface area is 147 Å². The number of rotatable bonds is 7. The summed E-state index contributed by atoms with van der Waals surface area (Å²) in [6, 6.07) is 12.9. The fourth-order valence-electron chi connectivity index (χ4n) is 2.13. The third-order valence-electron chi connectivity index (χ3n) is 3.59. The van der Waals surface area contributed by atoms with Crippen LogP contribution >= 0.6 is 0 Å². The van der Waals surface area contributed by atoms with Crippen LogP contribution in [-0.2, 0) is 14.8 Å². The quantitative estimate of drug-likeness (QED) is 0.697. The highest BCUT2D eigenvalue weighted by molar-refractivity contribution is 7.89. The zero-order chi connectivity index (χ0) is 18.4. The lowest BCUT2D eigenvalue weighted by Gasteiger charge is -2.19. The number of aliphatic carboxylic acids is 1. The number of aryl methyl sites for hydroxylation is 1. The molecule has 0 bridgehead atoms. The highest BCUT2D eigenvalue weighted by Crippen LogP contribution is 2.12. The van der Waals surface area contributed by atoms with Crippen molar-refractivity contribution in [1.29, 1.82) is 0 Å². The number of nitrogens with one attached hydrogen (secondary N) is 1. The van der Waals surface area contributed by atoms with Gasteiger partial charge in [-0.05, 0) is 24.6 Å². The van der Waals surface area contributed by atoms with Gasteiger partial charge in [0.1, 0.15) is 6.04 Å². The molecule has 0 aliphatic heterocycles. The molecule has 2 aromatic carbocycles. The second-order valence-corrected chi connectivity index (χ2v) is 7.31.